The highest BCUT2D eigenvalue weighted by Gasteiger charge is 2.22. The van der Waals surface area contributed by atoms with Crippen LogP contribution in [0.25, 0.3) is 17.1 Å². The molecule has 3 heterocycles. The molecule has 1 aliphatic rings. The molecule has 4 aromatic rings. The number of anilines is 1. The number of thioether (sulfide) groups is 1. The minimum Gasteiger partial charge on any atom is -0.312 e. The Morgan fingerprint density at radius 1 is 1.06 bits per heavy atom. The number of carbonyl (C=O) groups is 2. The Kier molecular flexibility index (Phi) is 6.46. The Balaban J connectivity index is 1.40. The van der Waals surface area contributed by atoms with Gasteiger partial charge in [-0.05, 0) is 68.3 Å². The first-order valence-electron chi connectivity index (χ1n) is 11.5. The van der Waals surface area contributed by atoms with Crippen molar-refractivity contribution in [2.75, 3.05) is 17.2 Å². The Hall–Kier alpha value is -3.78. The molecule has 2 aromatic heterocycles. The molecule has 1 aliphatic heterocycles. The van der Waals surface area contributed by atoms with Gasteiger partial charge in [0.05, 0.1) is 11.4 Å². The van der Waals surface area contributed by atoms with E-state index >= 15 is 0 Å². The van der Waals surface area contributed by atoms with Gasteiger partial charge in [0, 0.05) is 42.2 Å². The van der Waals surface area contributed by atoms with Crippen LogP contribution in [0.15, 0.2) is 72.1 Å². The van der Waals surface area contributed by atoms with Gasteiger partial charge in [-0.2, -0.15) is 0 Å². The molecule has 0 N–H and O–H groups in total. The Labute approximate surface area is 208 Å². The topological polar surface area (TPSA) is 81.0 Å². The number of nitrogens with zero attached hydrogens (tertiary/aromatic N) is 5. The second-order valence-electron chi connectivity index (χ2n) is 8.58. The lowest BCUT2D eigenvalue weighted by atomic mass is 10.1. The standard InChI is InChI=1S/C27H25N5O2S/c1-18-7-12-23(19(2)15-18)32-26(21-5-3-13-28-16-21)29-30-27(32)35-17-24(33)20-8-10-22(11-9-20)31-14-4-6-25(31)34/h3,5,7-13,15-16H,4,6,14,17H2,1-2H3. The van der Waals surface area contributed by atoms with Crippen molar-refractivity contribution in [1.29, 1.82) is 0 Å². The Bertz CT molecular complexity index is 1380. The SMILES string of the molecule is Cc1ccc(-n2c(SCC(=O)c3ccc(N4CCCC4=O)cc3)nnc2-c2cccnc2)c(C)c1. The molecular weight excluding hydrogens is 458 g/mol. The molecule has 1 fully saturated rings. The molecule has 0 unspecified atom stereocenters. The fraction of sp³-hybridized carbons (Fsp3) is 0.222. The lowest BCUT2D eigenvalue weighted by Crippen LogP contribution is -2.23. The van der Waals surface area contributed by atoms with Crippen molar-refractivity contribution in [1.82, 2.24) is 19.7 Å². The van der Waals surface area contributed by atoms with Crippen LogP contribution in [-0.2, 0) is 4.79 Å². The van der Waals surface area contributed by atoms with Crippen LogP contribution in [0.4, 0.5) is 5.69 Å². The smallest absolute Gasteiger partial charge is 0.227 e. The molecule has 0 atom stereocenters. The largest absolute Gasteiger partial charge is 0.312 e. The summed E-state index contributed by atoms with van der Waals surface area (Å²) in [7, 11) is 0. The van der Waals surface area contributed by atoms with Crippen molar-refractivity contribution < 1.29 is 9.59 Å². The predicted molar refractivity (Wildman–Crippen MR) is 137 cm³/mol. The fourth-order valence-electron chi connectivity index (χ4n) is 4.28. The summed E-state index contributed by atoms with van der Waals surface area (Å²) >= 11 is 1.36. The number of pyridine rings is 1. The number of hydrogen-bond donors (Lipinski definition) is 0. The number of carbonyl (C=O) groups excluding carboxylic acids is 2. The monoisotopic (exact) mass is 483 g/mol. The molecule has 5 rings (SSSR count). The van der Waals surface area contributed by atoms with Gasteiger partial charge in [-0.25, -0.2) is 0 Å². The normalized spacial score (nSPS) is 13.4. The van der Waals surface area contributed by atoms with Crippen LogP contribution in [0, 0.1) is 13.8 Å². The third-order valence-electron chi connectivity index (χ3n) is 6.05. The van der Waals surface area contributed by atoms with Gasteiger partial charge in [0.2, 0.25) is 5.91 Å². The van der Waals surface area contributed by atoms with E-state index in [1.165, 1.54) is 17.3 Å². The number of benzene rings is 2. The van der Waals surface area contributed by atoms with Crippen LogP contribution < -0.4 is 4.90 Å². The molecule has 2 aromatic carbocycles. The highest BCUT2D eigenvalue weighted by atomic mass is 32.2. The predicted octanol–water partition coefficient (Wildman–Crippen LogP) is 5.05. The zero-order valence-corrected chi connectivity index (χ0v) is 20.5. The number of hydrogen-bond acceptors (Lipinski definition) is 6. The van der Waals surface area contributed by atoms with Gasteiger partial charge in [0.15, 0.2) is 16.8 Å². The van der Waals surface area contributed by atoms with E-state index < -0.39 is 0 Å². The molecule has 176 valence electrons. The van der Waals surface area contributed by atoms with Gasteiger partial charge in [-0.1, -0.05) is 29.5 Å². The van der Waals surface area contributed by atoms with Crippen molar-refractivity contribution in [3.8, 4) is 17.1 Å². The van der Waals surface area contributed by atoms with E-state index in [0.29, 0.717) is 23.0 Å². The molecule has 7 nitrogen and oxygen atoms in total. The van der Waals surface area contributed by atoms with Crippen LogP contribution >= 0.6 is 11.8 Å². The van der Waals surface area contributed by atoms with Crippen LogP contribution in [0.3, 0.4) is 0 Å². The van der Waals surface area contributed by atoms with Crippen molar-refractivity contribution in [3.05, 3.63) is 83.7 Å². The third kappa shape index (κ3) is 4.74. The first-order valence-corrected chi connectivity index (χ1v) is 12.5. The molecule has 0 bridgehead atoms. The van der Waals surface area contributed by atoms with E-state index in [9.17, 15) is 9.59 Å². The van der Waals surface area contributed by atoms with Crippen LogP contribution in [-0.4, -0.2) is 43.7 Å². The average molecular weight is 484 g/mol. The number of aryl methyl sites for hydroxylation is 2. The summed E-state index contributed by atoms with van der Waals surface area (Å²) in [6, 6.07) is 17.3. The van der Waals surface area contributed by atoms with Gasteiger partial charge in [-0.3, -0.25) is 19.1 Å². The van der Waals surface area contributed by atoms with Gasteiger partial charge in [-0.15, -0.1) is 10.2 Å². The molecule has 1 amide bonds. The molecule has 8 heteroatoms. The third-order valence-corrected chi connectivity index (χ3v) is 6.98. The highest BCUT2D eigenvalue weighted by Crippen LogP contribution is 2.30. The van der Waals surface area contributed by atoms with E-state index in [1.54, 1.807) is 29.4 Å². The first-order chi connectivity index (χ1) is 17.0. The van der Waals surface area contributed by atoms with Crippen molar-refractivity contribution in [2.45, 2.75) is 31.8 Å². The minimum absolute atomic E-state index is 0.00703. The average Bonchev–Trinajstić information content (AvgIpc) is 3.49. The van der Waals surface area contributed by atoms with Gasteiger partial charge in [0.25, 0.3) is 0 Å². The molecular formula is C27H25N5O2S. The molecule has 1 saturated heterocycles. The summed E-state index contributed by atoms with van der Waals surface area (Å²) in [4.78, 5) is 31.0. The first kappa shape index (κ1) is 23.0. The quantitative estimate of drug-likeness (QED) is 0.270. The van der Waals surface area contributed by atoms with E-state index in [2.05, 4.69) is 47.2 Å². The lowest BCUT2D eigenvalue weighted by Gasteiger charge is -2.15. The molecule has 0 radical (unpaired) electrons. The van der Waals surface area contributed by atoms with Crippen molar-refractivity contribution in [3.63, 3.8) is 0 Å². The van der Waals surface area contributed by atoms with E-state index in [0.717, 1.165) is 35.5 Å². The maximum absolute atomic E-state index is 13.0. The lowest BCUT2D eigenvalue weighted by molar-refractivity contribution is -0.117. The number of amides is 1. The van der Waals surface area contributed by atoms with E-state index in [4.69, 9.17) is 0 Å². The Morgan fingerprint density at radius 2 is 1.89 bits per heavy atom. The zero-order chi connectivity index (χ0) is 24.4. The Morgan fingerprint density at radius 3 is 2.57 bits per heavy atom. The van der Waals surface area contributed by atoms with Gasteiger partial charge >= 0.3 is 0 Å². The molecule has 0 saturated carbocycles. The van der Waals surface area contributed by atoms with Crippen LogP contribution in [0.1, 0.15) is 34.3 Å². The number of Topliss-reactive ketones (excluding diaryl/α,β-unsaturated/α-hetero) is 1. The second kappa shape index (κ2) is 9.84. The minimum atomic E-state index is -0.00703. The van der Waals surface area contributed by atoms with Crippen molar-refractivity contribution >= 4 is 29.1 Å². The number of rotatable bonds is 7. The highest BCUT2D eigenvalue weighted by molar-refractivity contribution is 7.99. The zero-order valence-electron chi connectivity index (χ0n) is 19.6. The number of ketones is 1. The van der Waals surface area contributed by atoms with Crippen LogP contribution in [0.2, 0.25) is 0 Å². The summed E-state index contributed by atoms with van der Waals surface area (Å²) in [5, 5.41) is 9.51. The van der Waals surface area contributed by atoms with Gasteiger partial charge < -0.3 is 4.90 Å². The number of aromatic nitrogens is 4. The second-order valence-corrected chi connectivity index (χ2v) is 9.52. The summed E-state index contributed by atoms with van der Waals surface area (Å²) in [5.41, 5.74) is 5.53. The molecule has 35 heavy (non-hydrogen) atoms. The molecule has 0 spiro atoms. The summed E-state index contributed by atoms with van der Waals surface area (Å²) < 4.78 is 1.99. The summed E-state index contributed by atoms with van der Waals surface area (Å²) in [5.74, 6) is 1.03. The maximum atomic E-state index is 13.0. The summed E-state index contributed by atoms with van der Waals surface area (Å²) in [6.45, 7) is 4.85. The summed E-state index contributed by atoms with van der Waals surface area (Å²) in [6.07, 6.45) is 4.94. The van der Waals surface area contributed by atoms with Gasteiger partial charge in [0.1, 0.15) is 0 Å². The van der Waals surface area contributed by atoms with E-state index in [1.807, 2.05) is 28.8 Å². The fourth-order valence-corrected chi connectivity index (χ4v) is 5.12. The maximum Gasteiger partial charge on any atom is 0.227 e. The van der Waals surface area contributed by atoms with Crippen LogP contribution in [0.5, 0.6) is 0 Å². The molecule has 0 aliphatic carbocycles. The van der Waals surface area contributed by atoms with E-state index in [-0.39, 0.29) is 17.4 Å². The van der Waals surface area contributed by atoms with Crippen molar-refractivity contribution in [2.24, 2.45) is 0 Å².